The number of phenols is 1. The summed E-state index contributed by atoms with van der Waals surface area (Å²) in [5, 5.41) is 13.0. The molecule has 0 atom stereocenters. The Kier molecular flexibility index (Phi) is 4.08. The first-order chi connectivity index (χ1) is 8.07. The SMILES string of the molecule is CNCc1cc(C(C)(C)C)cc(S(C)(=O)=O)c1O. The molecule has 0 aliphatic rings. The van der Waals surface area contributed by atoms with E-state index in [2.05, 4.69) is 5.32 Å². The van der Waals surface area contributed by atoms with Crippen LogP contribution in [0.15, 0.2) is 17.0 Å². The molecule has 18 heavy (non-hydrogen) atoms. The normalized spacial score (nSPS) is 12.7. The van der Waals surface area contributed by atoms with E-state index in [9.17, 15) is 13.5 Å². The molecule has 5 heteroatoms. The minimum absolute atomic E-state index is 0.000162. The maximum atomic E-state index is 11.7. The van der Waals surface area contributed by atoms with Crippen molar-refractivity contribution in [2.45, 2.75) is 37.6 Å². The Balaban J connectivity index is 3.57. The van der Waals surface area contributed by atoms with Crippen molar-refractivity contribution < 1.29 is 13.5 Å². The van der Waals surface area contributed by atoms with Gasteiger partial charge in [-0.15, -0.1) is 0 Å². The lowest BCUT2D eigenvalue weighted by Gasteiger charge is -2.22. The average molecular weight is 271 g/mol. The van der Waals surface area contributed by atoms with Gasteiger partial charge in [0.05, 0.1) is 0 Å². The molecule has 0 saturated carbocycles. The van der Waals surface area contributed by atoms with Crippen LogP contribution in [0.2, 0.25) is 0 Å². The summed E-state index contributed by atoms with van der Waals surface area (Å²) in [6.45, 7) is 6.45. The molecule has 0 spiro atoms. The van der Waals surface area contributed by atoms with Crippen LogP contribution in [-0.2, 0) is 21.8 Å². The van der Waals surface area contributed by atoms with Gasteiger partial charge in [0.15, 0.2) is 9.84 Å². The second-order valence-corrected chi connectivity index (χ2v) is 7.52. The third-order valence-corrected chi connectivity index (χ3v) is 3.90. The minimum Gasteiger partial charge on any atom is -0.506 e. The number of hydrogen-bond donors (Lipinski definition) is 2. The second-order valence-electron chi connectivity index (χ2n) is 5.53. The van der Waals surface area contributed by atoms with Gasteiger partial charge in [-0.05, 0) is 24.1 Å². The summed E-state index contributed by atoms with van der Waals surface area (Å²) in [5.41, 5.74) is 1.33. The molecule has 1 rings (SSSR count). The van der Waals surface area contributed by atoms with Gasteiger partial charge in [0.1, 0.15) is 10.6 Å². The molecule has 1 aromatic carbocycles. The van der Waals surface area contributed by atoms with E-state index < -0.39 is 9.84 Å². The summed E-state index contributed by atoms with van der Waals surface area (Å²) in [5.74, 6) is -0.153. The van der Waals surface area contributed by atoms with Gasteiger partial charge in [-0.3, -0.25) is 0 Å². The second kappa shape index (κ2) is 4.90. The highest BCUT2D eigenvalue weighted by molar-refractivity contribution is 7.90. The van der Waals surface area contributed by atoms with Gasteiger partial charge in [0.2, 0.25) is 0 Å². The quantitative estimate of drug-likeness (QED) is 0.880. The van der Waals surface area contributed by atoms with Gasteiger partial charge in [-0.2, -0.15) is 0 Å². The van der Waals surface area contributed by atoms with E-state index in [0.29, 0.717) is 12.1 Å². The van der Waals surface area contributed by atoms with Crippen molar-refractivity contribution in [3.8, 4) is 5.75 Å². The number of rotatable bonds is 3. The highest BCUT2D eigenvalue weighted by Gasteiger charge is 2.22. The smallest absolute Gasteiger partial charge is 0.179 e. The van der Waals surface area contributed by atoms with Crippen molar-refractivity contribution in [2.24, 2.45) is 0 Å². The van der Waals surface area contributed by atoms with Gasteiger partial charge in [0.25, 0.3) is 0 Å². The van der Waals surface area contributed by atoms with E-state index in [1.54, 1.807) is 13.1 Å². The number of aromatic hydroxyl groups is 1. The third kappa shape index (κ3) is 3.23. The zero-order valence-electron chi connectivity index (χ0n) is 11.5. The fraction of sp³-hybridized carbons (Fsp3) is 0.538. The van der Waals surface area contributed by atoms with Gasteiger partial charge in [0, 0.05) is 18.4 Å². The fourth-order valence-electron chi connectivity index (χ4n) is 1.71. The number of hydrogen-bond acceptors (Lipinski definition) is 4. The van der Waals surface area contributed by atoms with Crippen LogP contribution in [0.25, 0.3) is 0 Å². The highest BCUT2D eigenvalue weighted by Crippen LogP contribution is 2.33. The van der Waals surface area contributed by atoms with Crippen LogP contribution in [0.4, 0.5) is 0 Å². The standard InChI is InChI=1S/C13H21NO3S/c1-13(2,3)10-6-9(8-14-4)12(15)11(7-10)18(5,16)17/h6-7,14-15H,8H2,1-5H3. The molecule has 0 fully saturated rings. The van der Waals surface area contributed by atoms with E-state index in [1.165, 1.54) is 0 Å². The molecule has 1 aromatic rings. The van der Waals surface area contributed by atoms with Gasteiger partial charge >= 0.3 is 0 Å². The lowest BCUT2D eigenvalue weighted by Crippen LogP contribution is -2.15. The minimum atomic E-state index is -3.43. The van der Waals surface area contributed by atoms with Crippen molar-refractivity contribution in [3.63, 3.8) is 0 Å². The molecule has 0 heterocycles. The summed E-state index contributed by atoms with van der Waals surface area (Å²) in [7, 11) is -1.68. The maximum absolute atomic E-state index is 11.7. The molecule has 0 aliphatic heterocycles. The lowest BCUT2D eigenvalue weighted by atomic mass is 9.86. The monoisotopic (exact) mass is 271 g/mol. The van der Waals surface area contributed by atoms with Gasteiger partial charge < -0.3 is 10.4 Å². The zero-order valence-corrected chi connectivity index (χ0v) is 12.4. The van der Waals surface area contributed by atoms with Crippen molar-refractivity contribution in [3.05, 3.63) is 23.3 Å². The number of phenolic OH excluding ortho intramolecular Hbond substituents is 1. The zero-order chi connectivity index (χ0) is 14.1. The molecule has 0 saturated heterocycles. The summed E-state index contributed by atoms with van der Waals surface area (Å²) in [6.07, 6.45) is 1.11. The van der Waals surface area contributed by atoms with Crippen molar-refractivity contribution in [1.82, 2.24) is 5.32 Å². The van der Waals surface area contributed by atoms with Crippen LogP contribution in [0.3, 0.4) is 0 Å². The van der Waals surface area contributed by atoms with Crippen LogP contribution in [-0.4, -0.2) is 26.8 Å². The predicted octanol–water partition coefficient (Wildman–Crippen LogP) is 1.81. The Hall–Kier alpha value is -1.07. The van der Waals surface area contributed by atoms with E-state index in [4.69, 9.17) is 0 Å². The molecule has 0 unspecified atom stereocenters. The molecule has 0 aromatic heterocycles. The van der Waals surface area contributed by atoms with Crippen molar-refractivity contribution in [1.29, 1.82) is 0 Å². The van der Waals surface area contributed by atoms with E-state index >= 15 is 0 Å². The molecule has 0 bridgehead atoms. The highest BCUT2D eigenvalue weighted by atomic mass is 32.2. The number of benzene rings is 1. The summed E-state index contributed by atoms with van der Waals surface area (Å²) in [4.78, 5) is 0.000162. The lowest BCUT2D eigenvalue weighted by molar-refractivity contribution is 0.448. The van der Waals surface area contributed by atoms with Crippen LogP contribution in [0.1, 0.15) is 31.9 Å². The molecular weight excluding hydrogens is 250 g/mol. The molecule has 0 radical (unpaired) electrons. The van der Waals surface area contributed by atoms with E-state index in [1.807, 2.05) is 26.8 Å². The Bertz CT molecular complexity index is 542. The van der Waals surface area contributed by atoms with Crippen LogP contribution in [0, 0.1) is 0 Å². The maximum Gasteiger partial charge on any atom is 0.179 e. The Labute approximate surface area is 109 Å². The van der Waals surface area contributed by atoms with E-state index in [0.717, 1.165) is 11.8 Å². The summed E-state index contributed by atoms with van der Waals surface area (Å²) in [6, 6.07) is 3.41. The molecule has 0 aliphatic carbocycles. The van der Waals surface area contributed by atoms with Crippen LogP contribution < -0.4 is 5.32 Å². The molecule has 2 N–H and O–H groups in total. The Morgan fingerprint density at radius 3 is 2.22 bits per heavy atom. The largest absolute Gasteiger partial charge is 0.506 e. The third-order valence-electron chi connectivity index (χ3n) is 2.79. The Morgan fingerprint density at radius 2 is 1.83 bits per heavy atom. The first-order valence-electron chi connectivity index (χ1n) is 5.78. The Morgan fingerprint density at radius 1 is 1.28 bits per heavy atom. The number of nitrogens with one attached hydrogen (secondary N) is 1. The fourth-order valence-corrected chi connectivity index (χ4v) is 2.53. The van der Waals surface area contributed by atoms with Crippen LogP contribution >= 0.6 is 0 Å². The van der Waals surface area contributed by atoms with Crippen molar-refractivity contribution >= 4 is 9.84 Å². The first kappa shape index (κ1) is 15.0. The first-order valence-corrected chi connectivity index (χ1v) is 7.67. The van der Waals surface area contributed by atoms with Gasteiger partial charge in [-0.25, -0.2) is 8.42 Å². The molecule has 102 valence electrons. The summed E-state index contributed by atoms with van der Waals surface area (Å²) >= 11 is 0. The summed E-state index contributed by atoms with van der Waals surface area (Å²) < 4.78 is 23.4. The average Bonchev–Trinajstić information content (AvgIpc) is 2.17. The van der Waals surface area contributed by atoms with E-state index in [-0.39, 0.29) is 16.1 Å². The van der Waals surface area contributed by atoms with Crippen LogP contribution in [0.5, 0.6) is 5.75 Å². The number of sulfone groups is 1. The predicted molar refractivity (Wildman–Crippen MR) is 72.7 cm³/mol. The molecular formula is C13H21NO3S. The molecule has 4 nitrogen and oxygen atoms in total. The topological polar surface area (TPSA) is 66.4 Å². The molecule has 0 amide bonds. The van der Waals surface area contributed by atoms with Gasteiger partial charge in [-0.1, -0.05) is 26.8 Å². The van der Waals surface area contributed by atoms with Crippen molar-refractivity contribution in [2.75, 3.05) is 13.3 Å².